The smallest absolute Gasteiger partial charge is 0.229 e. The number of ether oxygens (including phenoxy) is 1. The number of aryl methyl sites for hydroxylation is 1. The molecule has 2 fully saturated rings. The summed E-state index contributed by atoms with van der Waals surface area (Å²) < 4.78 is 21.9. The molecule has 1 saturated carbocycles. The minimum absolute atomic E-state index is 0.370. The van der Waals surface area contributed by atoms with Gasteiger partial charge in [-0.2, -0.15) is 10.1 Å². The zero-order valence-electron chi connectivity index (χ0n) is 26.9. The monoisotopic (exact) mass is 716 g/mol. The van der Waals surface area contributed by atoms with Crippen molar-refractivity contribution in [3.63, 3.8) is 0 Å². The number of nitrogens with zero attached hydrogens (tertiary/aromatic N) is 8. The molecule has 1 aliphatic heterocycles. The van der Waals surface area contributed by atoms with E-state index in [-0.39, 0.29) is 0 Å². The number of hydrogen-bond acceptors (Lipinski definition) is 11. The lowest BCUT2D eigenvalue weighted by atomic mass is 10.0. The van der Waals surface area contributed by atoms with Gasteiger partial charge in [-0.15, -0.1) is 0 Å². The third-order valence-corrected chi connectivity index (χ3v) is 10.8. The molecule has 14 heteroatoms. The molecule has 1 saturated heterocycles. The topological polar surface area (TPSA) is 126 Å². The Hall–Kier alpha value is -4.06. The van der Waals surface area contributed by atoms with Gasteiger partial charge in [-0.05, 0) is 66.2 Å². The van der Waals surface area contributed by atoms with Gasteiger partial charge < -0.3 is 24.8 Å². The molecule has 2 aromatic carbocycles. The fourth-order valence-corrected chi connectivity index (χ4v) is 7.96. The van der Waals surface area contributed by atoms with Crippen LogP contribution in [0.1, 0.15) is 12.8 Å². The van der Waals surface area contributed by atoms with E-state index >= 15 is 0 Å². The number of piperazine rings is 1. The van der Waals surface area contributed by atoms with E-state index in [1.54, 1.807) is 32.8 Å². The maximum atomic E-state index is 13.5. The predicted octanol–water partition coefficient (Wildman–Crippen LogP) is 5.86. The Kier molecular flexibility index (Phi) is 8.63. The molecule has 0 amide bonds. The first-order valence-electron chi connectivity index (χ1n) is 15.7. The van der Waals surface area contributed by atoms with E-state index in [1.165, 1.54) is 25.7 Å². The lowest BCUT2D eigenvalue weighted by Crippen LogP contribution is -2.47. The van der Waals surface area contributed by atoms with E-state index in [9.17, 15) is 4.57 Å². The molecule has 0 spiro atoms. The van der Waals surface area contributed by atoms with Gasteiger partial charge in [-0.3, -0.25) is 9.58 Å². The lowest BCUT2D eigenvalue weighted by molar-refractivity contribution is 0.248. The minimum atomic E-state index is -2.73. The van der Waals surface area contributed by atoms with Crippen LogP contribution < -0.4 is 25.6 Å². The van der Waals surface area contributed by atoms with Gasteiger partial charge in [-0.25, -0.2) is 15.0 Å². The molecular formula is C33H38BrN10O2P. The van der Waals surface area contributed by atoms with Crippen LogP contribution in [0.4, 0.5) is 28.8 Å². The molecule has 2 aliphatic rings. The van der Waals surface area contributed by atoms with E-state index in [0.29, 0.717) is 33.0 Å². The number of fused-ring (bicyclic) bond motifs is 1. The number of rotatable bonds is 10. The van der Waals surface area contributed by atoms with Gasteiger partial charge in [0, 0.05) is 91.9 Å². The molecule has 2 N–H and O–H groups in total. The van der Waals surface area contributed by atoms with Gasteiger partial charge in [0.1, 0.15) is 25.0 Å². The number of anilines is 5. The van der Waals surface area contributed by atoms with Crippen LogP contribution in [0.3, 0.4) is 0 Å². The number of nitrogens with one attached hydrogen (secondary N) is 2. The second kappa shape index (κ2) is 12.9. The highest BCUT2D eigenvalue weighted by atomic mass is 79.9. The standard InChI is InChI=1S/C33H38BrN10O2P/c1-42-19-22(15-38-42)23-13-28(30(46-2)14-29(23)44-11-9-43(10-12-44)18-21-5-6-21)40-33-36-17-25(34)32(41-33)39-27-8-7-26-24(16-35-20-37-26)31(27)47(3,4)45/h7-8,13-17,19-21H,5-6,9-12,18H2,1-4H3,(H2,36,39,40,41). The van der Waals surface area contributed by atoms with Crippen LogP contribution in [0.2, 0.25) is 0 Å². The SMILES string of the molecule is COc1cc(N2CCN(CC3CC3)CC2)c(-c2cnn(C)c2)cc1Nc1ncc(Br)c(Nc2ccc3ncncc3c2P(C)(C)=O)n1. The van der Waals surface area contributed by atoms with Crippen molar-refractivity contribution in [1.29, 1.82) is 0 Å². The zero-order chi connectivity index (χ0) is 32.7. The van der Waals surface area contributed by atoms with Crippen molar-refractivity contribution >= 4 is 68.1 Å². The molecule has 7 rings (SSSR count). The van der Waals surface area contributed by atoms with Gasteiger partial charge in [0.25, 0.3) is 0 Å². The lowest BCUT2D eigenvalue weighted by Gasteiger charge is -2.37. The Bertz CT molecular complexity index is 1980. The second-order valence-electron chi connectivity index (χ2n) is 12.6. The number of benzene rings is 2. The third kappa shape index (κ3) is 6.83. The summed E-state index contributed by atoms with van der Waals surface area (Å²) in [6.07, 6.45) is 11.5. The van der Waals surface area contributed by atoms with Gasteiger partial charge in [0.2, 0.25) is 5.95 Å². The van der Waals surface area contributed by atoms with E-state index in [0.717, 1.165) is 65.5 Å². The molecule has 244 valence electrons. The molecule has 12 nitrogen and oxygen atoms in total. The normalized spacial score (nSPS) is 15.6. The average molecular weight is 718 g/mol. The van der Waals surface area contributed by atoms with Crippen LogP contribution >= 0.6 is 23.1 Å². The Morgan fingerprint density at radius 2 is 1.83 bits per heavy atom. The molecule has 0 unspecified atom stereocenters. The summed E-state index contributed by atoms with van der Waals surface area (Å²) in [5, 5.41) is 12.7. The quantitative estimate of drug-likeness (QED) is 0.169. The fraction of sp³-hybridized carbons (Fsp3) is 0.364. The Balaban J connectivity index is 1.21. The number of aromatic nitrogens is 6. The minimum Gasteiger partial charge on any atom is -0.494 e. The van der Waals surface area contributed by atoms with Crippen LogP contribution in [0.25, 0.3) is 22.0 Å². The van der Waals surface area contributed by atoms with E-state index in [4.69, 9.17) is 9.72 Å². The summed E-state index contributed by atoms with van der Waals surface area (Å²) in [4.78, 5) is 22.9. The Morgan fingerprint density at radius 3 is 2.53 bits per heavy atom. The third-order valence-electron chi connectivity index (χ3n) is 8.70. The molecule has 1 aliphatic carbocycles. The number of hydrogen-bond donors (Lipinski definition) is 2. The summed E-state index contributed by atoms with van der Waals surface area (Å²) >= 11 is 3.59. The molecule has 4 heterocycles. The van der Waals surface area contributed by atoms with Crippen molar-refractivity contribution in [1.82, 2.24) is 34.6 Å². The summed E-state index contributed by atoms with van der Waals surface area (Å²) in [5.41, 5.74) is 5.31. The van der Waals surface area contributed by atoms with Crippen molar-refractivity contribution in [3.8, 4) is 16.9 Å². The molecule has 47 heavy (non-hydrogen) atoms. The molecular weight excluding hydrogens is 679 g/mol. The van der Waals surface area contributed by atoms with Crippen LogP contribution in [-0.4, -0.2) is 87.8 Å². The molecule has 0 radical (unpaired) electrons. The molecule has 3 aromatic heterocycles. The van der Waals surface area contributed by atoms with Crippen molar-refractivity contribution in [2.45, 2.75) is 12.8 Å². The van der Waals surface area contributed by atoms with E-state index < -0.39 is 7.14 Å². The summed E-state index contributed by atoms with van der Waals surface area (Å²) in [7, 11) is 0.869. The first kappa shape index (κ1) is 31.5. The zero-order valence-corrected chi connectivity index (χ0v) is 29.4. The van der Waals surface area contributed by atoms with Crippen LogP contribution in [0.5, 0.6) is 5.75 Å². The largest absolute Gasteiger partial charge is 0.494 e. The summed E-state index contributed by atoms with van der Waals surface area (Å²) in [6.45, 7) is 8.69. The van der Waals surface area contributed by atoms with Gasteiger partial charge in [-0.1, -0.05) is 0 Å². The van der Waals surface area contributed by atoms with Crippen molar-refractivity contribution < 1.29 is 9.30 Å². The highest BCUT2D eigenvalue weighted by Gasteiger charge is 2.28. The van der Waals surface area contributed by atoms with Crippen LogP contribution in [-0.2, 0) is 11.6 Å². The maximum Gasteiger partial charge on any atom is 0.229 e. The summed E-state index contributed by atoms with van der Waals surface area (Å²) in [6, 6.07) is 7.95. The van der Waals surface area contributed by atoms with Crippen molar-refractivity contribution in [3.05, 3.63) is 59.9 Å². The first-order chi connectivity index (χ1) is 22.7. The number of halogens is 1. The van der Waals surface area contributed by atoms with Gasteiger partial charge in [0.05, 0.1) is 34.7 Å². The Morgan fingerprint density at radius 1 is 1.02 bits per heavy atom. The molecule has 5 aromatic rings. The maximum absolute atomic E-state index is 13.5. The van der Waals surface area contributed by atoms with Crippen molar-refractivity contribution in [2.75, 3.05) is 68.7 Å². The predicted molar refractivity (Wildman–Crippen MR) is 191 cm³/mol. The van der Waals surface area contributed by atoms with E-state index in [2.05, 4.69) is 68.5 Å². The van der Waals surface area contributed by atoms with Crippen LogP contribution in [0.15, 0.2) is 59.9 Å². The number of methoxy groups -OCH3 is 1. The van der Waals surface area contributed by atoms with Gasteiger partial charge >= 0.3 is 0 Å². The Labute approximate surface area is 282 Å². The van der Waals surface area contributed by atoms with Crippen LogP contribution in [0, 0.1) is 5.92 Å². The van der Waals surface area contributed by atoms with E-state index in [1.807, 2.05) is 36.3 Å². The summed E-state index contributed by atoms with van der Waals surface area (Å²) in [5.74, 6) is 2.46. The molecule has 0 bridgehead atoms. The fourth-order valence-electron chi connectivity index (χ4n) is 6.21. The highest BCUT2D eigenvalue weighted by Crippen LogP contribution is 2.43. The molecule has 0 atom stereocenters. The second-order valence-corrected chi connectivity index (χ2v) is 16.6. The highest BCUT2D eigenvalue weighted by molar-refractivity contribution is 9.10. The van der Waals surface area contributed by atoms with Crippen molar-refractivity contribution in [2.24, 2.45) is 13.0 Å². The first-order valence-corrected chi connectivity index (χ1v) is 19.1. The average Bonchev–Trinajstić information content (AvgIpc) is 3.77. The van der Waals surface area contributed by atoms with Gasteiger partial charge in [0.15, 0.2) is 0 Å².